The van der Waals surface area contributed by atoms with Crippen LogP contribution in [0, 0.1) is 0 Å². The zero-order chi connectivity index (χ0) is 25.6. The molecule has 0 aromatic carbocycles. The van der Waals surface area contributed by atoms with Crippen LogP contribution in [0.3, 0.4) is 0 Å². The van der Waals surface area contributed by atoms with Gasteiger partial charge in [0.1, 0.15) is 17.2 Å². The fourth-order valence-electron chi connectivity index (χ4n) is 3.81. The van der Waals surface area contributed by atoms with E-state index in [0.717, 1.165) is 10.9 Å². The van der Waals surface area contributed by atoms with Gasteiger partial charge in [0, 0.05) is 37.6 Å². The van der Waals surface area contributed by atoms with Crippen LogP contribution in [-0.2, 0) is 4.74 Å². The molecule has 1 atom stereocenters. The molecule has 0 aliphatic carbocycles. The highest BCUT2D eigenvalue weighted by Gasteiger charge is 2.34. The Morgan fingerprint density at radius 3 is 2.46 bits per heavy atom. The lowest BCUT2D eigenvalue weighted by Gasteiger charge is -2.41. The van der Waals surface area contributed by atoms with Crippen LogP contribution < -0.4 is 9.64 Å². The number of aromatic nitrogens is 4. The van der Waals surface area contributed by atoms with Crippen molar-refractivity contribution in [3.05, 3.63) is 36.9 Å². The lowest BCUT2D eigenvalue weighted by Crippen LogP contribution is -2.57. The van der Waals surface area contributed by atoms with Crippen LogP contribution in [0.15, 0.2) is 36.9 Å². The fourth-order valence-corrected chi connectivity index (χ4v) is 3.81. The van der Waals surface area contributed by atoms with Crippen molar-refractivity contribution in [2.24, 2.45) is 0 Å². The summed E-state index contributed by atoms with van der Waals surface area (Å²) in [6, 6.07) is 3.24. The molecule has 0 saturated carbocycles. The Labute approximate surface area is 205 Å². The molecule has 1 aliphatic rings. The van der Waals surface area contributed by atoms with Gasteiger partial charge in [-0.1, -0.05) is 13.8 Å². The van der Waals surface area contributed by atoms with Gasteiger partial charge in [0.15, 0.2) is 5.82 Å². The van der Waals surface area contributed by atoms with Crippen LogP contribution in [-0.4, -0.2) is 81.0 Å². The number of ether oxygens (including phenoxy) is 2. The second-order valence-corrected chi connectivity index (χ2v) is 8.80. The minimum Gasteiger partial charge on any atom is -0.494 e. The van der Waals surface area contributed by atoms with Gasteiger partial charge in [-0.25, -0.2) is 14.8 Å². The largest absolute Gasteiger partial charge is 0.494 e. The number of amides is 1. The Balaban J connectivity index is 0.00000167. The standard InChI is InChI=1S/C23H28N6O4.C2H6/c1-23(2,3)33-22(31)29-10-9-28(13-16(29)14-30)21-19-17(11-25-12-18(19)32-4)26-20(27-21)15-5-7-24-8-6-15;1-2/h5-8,11-12,16,30H,9-10,13-14H2,1-4H3;1-2H3. The molecule has 35 heavy (non-hydrogen) atoms. The Hall–Kier alpha value is -3.53. The molecule has 1 saturated heterocycles. The summed E-state index contributed by atoms with van der Waals surface area (Å²) in [5.74, 6) is 1.75. The average molecular weight is 483 g/mol. The van der Waals surface area contributed by atoms with E-state index in [1.807, 2.05) is 51.7 Å². The van der Waals surface area contributed by atoms with Crippen molar-refractivity contribution >= 4 is 22.8 Å². The highest BCUT2D eigenvalue weighted by molar-refractivity contribution is 5.95. The molecule has 10 nitrogen and oxygen atoms in total. The molecular weight excluding hydrogens is 448 g/mol. The monoisotopic (exact) mass is 482 g/mol. The van der Waals surface area contributed by atoms with E-state index in [0.29, 0.717) is 42.5 Å². The van der Waals surface area contributed by atoms with Crippen molar-refractivity contribution in [1.29, 1.82) is 0 Å². The van der Waals surface area contributed by atoms with Gasteiger partial charge in [0.05, 0.1) is 43.1 Å². The van der Waals surface area contributed by atoms with Crippen molar-refractivity contribution in [3.63, 3.8) is 0 Å². The summed E-state index contributed by atoms with van der Waals surface area (Å²) in [6.45, 7) is 10.5. The van der Waals surface area contributed by atoms with E-state index in [1.54, 1.807) is 36.8 Å². The summed E-state index contributed by atoms with van der Waals surface area (Å²) in [7, 11) is 1.58. The van der Waals surface area contributed by atoms with Gasteiger partial charge in [-0.05, 0) is 32.9 Å². The Morgan fingerprint density at radius 2 is 1.83 bits per heavy atom. The molecule has 4 heterocycles. The Kier molecular flexibility index (Phi) is 8.39. The number of hydrogen-bond donors (Lipinski definition) is 1. The van der Waals surface area contributed by atoms with Gasteiger partial charge in [0.25, 0.3) is 0 Å². The summed E-state index contributed by atoms with van der Waals surface area (Å²) in [5.41, 5.74) is 0.847. The molecule has 3 aromatic heterocycles. The molecule has 3 aromatic rings. The number of nitrogens with zero attached hydrogens (tertiary/aromatic N) is 6. The molecule has 1 N–H and O–H groups in total. The second-order valence-electron chi connectivity index (χ2n) is 8.80. The number of aliphatic hydroxyl groups excluding tert-OH is 1. The summed E-state index contributed by atoms with van der Waals surface area (Å²) in [4.78, 5) is 34.2. The third kappa shape index (κ3) is 5.94. The molecule has 0 spiro atoms. The van der Waals surface area contributed by atoms with Crippen LogP contribution in [0.4, 0.5) is 10.6 Å². The van der Waals surface area contributed by atoms with E-state index in [1.165, 1.54) is 0 Å². The van der Waals surface area contributed by atoms with Gasteiger partial charge in [-0.2, -0.15) is 0 Å². The number of hydrogen-bond acceptors (Lipinski definition) is 9. The lowest BCUT2D eigenvalue weighted by atomic mass is 10.1. The highest BCUT2D eigenvalue weighted by atomic mass is 16.6. The van der Waals surface area contributed by atoms with Crippen molar-refractivity contribution in [2.75, 3.05) is 38.3 Å². The van der Waals surface area contributed by atoms with Gasteiger partial charge in [0.2, 0.25) is 0 Å². The van der Waals surface area contributed by atoms with Crippen LogP contribution in [0.2, 0.25) is 0 Å². The third-order valence-electron chi connectivity index (χ3n) is 5.33. The fraction of sp³-hybridized carbons (Fsp3) is 0.480. The zero-order valence-corrected chi connectivity index (χ0v) is 21.2. The summed E-state index contributed by atoms with van der Waals surface area (Å²) in [5, 5.41) is 10.8. The van der Waals surface area contributed by atoms with Crippen molar-refractivity contribution in [3.8, 4) is 17.1 Å². The number of methoxy groups -OCH3 is 1. The van der Waals surface area contributed by atoms with E-state index in [-0.39, 0.29) is 6.61 Å². The summed E-state index contributed by atoms with van der Waals surface area (Å²) in [6.07, 6.45) is 6.24. The van der Waals surface area contributed by atoms with Crippen LogP contribution in [0.1, 0.15) is 34.6 Å². The number of piperazine rings is 1. The number of anilines is 1. The molecular formula is C25H34N6O4. The van der Waals surface area contributed by atoms with E-state index in [2.05, 4.69) is 9.97 Å². The molecule has 1 amide bonds. The molecule has 1 fully saturated rings. The molecule has 188 valence electrons. The third-order valence-corrected chi connectivity index (χ3v) is 5.33. The minimum atomic E-state index is -0.614. The normalized spacial score (nSPS) is 15.9. The number of carbonyl (C=O) groups excluding carboxylic acids is 1. The molecule has 0 radical (unpaired) electrons. The maximum atomic E-state index is 12.7. The van der Waals surface area contributed by atoms with Gasteiger partial charge < -0.3 is 19.5 Å². The maximum absolute atomic E-state index is 12.7. The minimum absolute atomic E-state index is 0.200. The molecule has 1 unspecified atom stereocenters. The predicted molar refractivity (Wildman–Crippen MR) is 134 cm³/mol. The first-order chi connectivity index (χ1) is 16.8. The average Bonchev–Trinajstić information content (AvgIpc) is 2.87. The molecule has 0 bridgehead atoms. The van der Waals surface area contributed by atoms with E-state index in [9.17, 15) is 9.90 Å². The lowest BCUT2D eigenvalue weighted by molar-refractivity contribution is 0.00701. The van der Waals surface area contributed by atoms with Crippen LogP contribution >= 0.6 is 0 Å². The molecule has 10 heteroatoms. The molecule has 4 rings (SSSR count). The van der Waals surface area contributed by atoms with Crippen LogP contribution in [0.5, 0.6) is 5.75 Å². The van der Waals surface area contributed by atoms with Crippen molar-refractivity contribution < 1.29 is 19.4 Å². The number of carbonyl (C=O) groups is 1. The first-order valence-electron chi connectivity index (χ1n) is 11.8. The predicted octanol–water partition coefficient (Wildman–Crippen LogP) is 3.54. The van der Waals surface area contributed by atoms with Gasteiger partial charge in [-0.15, -0.1) is 0 Å². The molecule has 1 aliphatic heterocycles. The van der Waals surface area contributed by atoms with Crippen molar-refractivity contribution in [1.82, 2.24) is 24.8 Å². The second kappa shape index (κ2) is 11.3. The number of rotatable bonds is 4. The Bertz CT molecular complexity index is 1140. The topological polar surface area (TPSA) is 114 Å². The first kappa shape index (κ1) is 26.1. The smallest absolute Gasteiger partial charge is 0.410 e. The first-order valence-corrected chi connectivity index (χ1v) is 11.8. The summed E-state index contributed by atoms with van der Waals surface area (Å²) >= 11 is 0. The van der Waals surface area contributed by atoms with Crippen LogP contribution in [0.25, 0.3) is 22.3 Å². The quantitative estimate of drug-likeness (QED) is 0.596. The van der Waals surface area contributed by atoms with Gasteiger partial charge >= 0.3 is 6.09 Å². The Morgan fingerprint density at radius 1 is 1.11 bits per heavy atom. The highest BCUT2D eigenvalue weighted by Crippen LogP contribution is 2.34. The number of aliphatic hydroxyl groups is 1. The summed E-state index contributed by atoms with van der Waals surface area (Å²) < 4.78 is 11.1. The van der Waals surface area contributed by atoms with Crippen molar-refractivity contribution in [2.45, 2.75) is 46.3 Å². The SMILES string of the molecule is CC.COc1cncc2nc(-c3ccncc3)nc(N3CCN(C(=O)OC(C)(C)C)C(CO)C3)c12. The van der Waals surface area contributed by atoms with E-state index in [4.69, 9.17) is 19.4 Å². The maximum Gasteiger partial charge on any atom is 0.410 e. The number of fused-ring (bicyclic) bond motifs is 1. The van der Waals surface area contributed by atoms with Gasteiger partial charge in [-0.3, -0.25) is 14.9 Å². The zero-order valence-electron chi connectivity index (χ0n) is 21.2. The van der Waals surface area contributed by atoms with E-state index >= 15 is 0 Å². The number of pyridine rings is 2. The van der Waals surface area contributed by atoms with E-state index < -0.39 is 17.7 Å².